The van der Waals surface area contributed by atoms with Crippen molar-refractivity contribution in [1.82, 2.24) is 0 Å². The number of halogens is 1. The Morgan fingerprint density at radius 1 is 2.00 bits per heavy atom. The molecule has 0 heterocycles. The molecule has 0 amide bonds. The molecule has 0 fully saturated rings. The molecule has 38 valence electrons. The molecule has 7 heavy (non-hydrogen) atoms. The van der Waals surface area contributed by atoms with Crippen LogP contribution in [0, 0.1) is 11.3 Å². The quantitative estimate of drug-likeness (QED) is 0.424. The van der Waals surface area contributed by atoms with Gasteiger partial charge in [0.1, 0.15) is 0 Å². The summed E-state index contributed by atoms with van der Waals surface area (Å²) < 4.78 is 0. The van der Waals surface area contributed by atoms with E-state index >= 15 is 0 Å². The molecule has 1 nitrogen and oxygen atoms in total. The molecule has 0 rings (SSSR count). The predicted molar refractivity (Wildman–Crippen MR) is 33.2 cm³/mol. The molecule has 0 aliphatic heterocycles. The van der Waals surface area contributed by atoms with Gasteiger partial charge in [0.2, 0.25) is 0 Å². The summed E-state index contributed by atoms with van der Waals surface area (Å²) in [5.74, 6) is 0. The number of allylic oxidation sites excluding steroid dienone is 2. The van der Waals surface area contributed by atoms with Gasteiger partial charge >= 0.3 is 0 Å². The molecule has 0 saturated carbocycles. The fraction of sp³-hybridized carbons (Fsp3) is 0.400. The molecule has 0 N–H and O–H groups in total. The molecule has 0 aromatic carbocycles. The second-order valence-electron chi connectivity index (χ2n) is 1.25. The first kappa shape index (κ1) is 6.71. The van der Waals surface area contributed by atoms with E-state index in [4.69, 9.17) is 5.26 Å². The highest BCUT2D eigenvalue weighted by Crippen LogP contribution is 1.94. The van der Waals surface area contributed by atoms with Crippen molar-refractivity contribution in [3.8, 4) is 6.07 Å². The molecule has 0 aliphatic rings. The van der Waals surface area contributed by atoms with E-state index in [1.807, 2.05) is 13.0 Å². The lowest BCUT2D eigenvalue weighted by Gasteiger charge is -1.81. The zero-order chi connectivity index (χ0) is 5.70. The lowest BCUT2D eigenvalue weighted by atomic mass is 10.3. The van der Waals surface area contributed by atoms with Gasteiger partial charge in [-0.15, -0.1) is 0 Å². The fourth-order valence-electron chi connectivity index (χ4n) is 0.149. The molecule has 0 radical (unpaired) electrons. The van der Waals surface area contributed by atoms with Crippen LogP contribution in [0.2, 0.25) is 0 Å². The van der Waals surface area contributed by atoms with Crippen molar-refractivity contribution in [3.63, 3.8) is 0 Å². The van der Waals surface area contributed by atoms with Gasteiger partial charge in [-0.2, -0.15) is 5.26 Å². The Balaban J connectivity index is 3.56. The predicted octanol–water partition coefficient (Wildman–Crippen LogP) is 1.85. The Hall–Kier alpha value is -0.290. The van der Waals surface area contributed by atoms with Crippen molar-refractivity contribution in [2.45, 2.75) is 6.92 Å². The van der Waals surface area contributed by atoms with E-state index in [2.05, 4.69) is 15.9 Å². The first-order valence-electron chi connectivity index (χ1n) is 1.92. The lowest BCUT2D eigenvalue weighted by molar-refractivity contribution is 1.41. The minimum Gasteiger partial charge on any atom is -0.193 e. The summed E-state index contributed by atoms with van der Waals surface area (Å²) in [6.45, 7) is 1.90. The molecule has 0 spiro atoms. The molecule has 0 aliphatic carbocycles. The Labute approximate surface area is 51.8 Å². The van der Waals surface area contributed by atoms with Crippen LogP contribution in [-0.2, 0) is 0 Å². The Kier molecular flexibility index (Phi) is 3.72. The Morgan fingerprint density at radius 3 is 2.71 bits per heavy atom. The molecule has 0 unspecified atom stereocenters. The van der Waals surface area contributed by atoms with E-state index in [1.165, 1.54) is 6.08 Å². The monoisotopic (exact) mass is 159 g/mol. The fourth-order valence-corrected chi connectivity index (χ4v) is 0.311. The minimum absolute atomic E-state index is 0.792. The standard InChI is InChI=1S/C5H6BrN/c1-5(4-6)2-3-7/h2H,4H2,1H3. The van der Waals surface area contributed by atoms with Crippen LogP contribution in [0.3, 0.4) is 0 Å². The van der Waals surface area contributed by atoms with Crippen molar-refractivity contribution in [2.24, 2.45) is 0 Å². The summed E-state index contributed by atoms with van der Waals surface area (Å²) in [6.07, 6.45) is 1.52. The third kappa shape index (κ3) is 3.54. The van der Waals surface area contributed by atoms with Crippen LogP contribution in [-0.4, -0.2) is 5.33 Å². The average Bonchev–Trinajstić information content (AvgIpc) is 1.68. The summed E-state index contributed by atoms with van der Waals surface area (Å²) in [7, 11) is 0. The highest BCUT2D eigenvalue weighted by molar-refractivity contribution is 9.09. The van der Waals surface area contributed by atoms with Crippen molar-refractivity contribution >= 4 is 15.9 Å². The van der Waals surface area contributed by atoms with Gasteiger partial charge in [-0.1, -0.05) is 21.5 Å². The normalized spacial score (nSPS) is 10.7. The zero-order valence-corrected chi connectivity index (χ0v) is 5.70. The number of hydrogen-bond acceptors (Lipinski definition) is 1. The summed E-state index contributed by atoms with van der Waals surface area (Å²) in [5, 5.41) is 8.81. The third-order valence-electron chi connectivity index (χ3n) is 0.522. The zero-order valence-electron chi connectivity index (χ0n) is 4.11. The van der Waals surface area contributed by atoms with Gasteiger partial charge in [-0.25, -0.2) is 0 Å². The topological polar surface area (TPSA) is 23.8 Å². The van der Waals surface area contributed by atoms with Gasteiger partial charge in [0.15, 0.2) is 0 Å². The van der Waals surface area contributed by atoms with E-state index < -0.39 is 0 Å². The van der Waals surface area contributed by atoms with Crippen molar-refractivity contribution in [3.05, 3.63) is 11.6 Å². The SMILES string of the molecule is CC(=CC#N)CBr. The number of nitriles is 1. The maximum Gasteiger partial charge on any atom is 0.0911 e. The number of rotatable bonds is 1. The Bertz CT molecular complexity index is 110. The van der Waals surface area contributed by atoms with Gasteiger partial charge in [0.05, 0.1) is 6.07 Å². The summed E-state index contributed by atoms with van der Waals surface area (Å²) >= 11 is 3.20. The second-order valence-corrected chi connectivity index (χ2v) is 1.81. The Morgan fingerprint density at radius 2 is 2.57 bits per heavy atom. The van der Waals surface area contributed by atoms with Crippen LogP contribution < -0.4 is 0 Å². The number of hydrogen-bond donors (Lipinski definition) is 0. The second kappa shape index (κ2) is 3.89. The first-order valence-corrected chi connectivity index (χ1v) is 3.04. The molecule has 2 heteroatoms. The van der Waals surface area contributed by atoms with E-state index in [0.29, 0.717) is 0 Å². The first-order chi connectivity index (χ1) is 3.31. The average molecular weight is 160 g/mol. The van der Waals surface area contributed by atoms with Gasteiger partial charge in [-0.05, 0) is 6.92 Å². The maximum absolute atomic E-state index is 8.02. The third-order valence-corrected chi connectivity index (χ3v) is 1.41. The van der Waals surface area contributed by atoms with Crippen LogP contribution in [0.25, 0.3) is 0 Å². The lowest BCUT2D eigenvalue weighted by Crippen LogP contribution is -1.70. The molecule has 0 aromatic heterocycles. The van der Waals surface area contributed by atoms with E-state index in [1.54, 1.807) is 0 Å². The van der Waals surface area contributed by atoms with Crippen LogP contribution in [0.5, 0.6) is 0 Å². The minimum atomic E-state index is 0.792. The number of nitrogens with zero attached hydrogens (tertiary/aromatic N) is 1. The molecule has 0 atom stereocenters. The van der Waals surface area contributed by atoms with Crippen LogP contribution >= 0.6 is 15.9 Å². The van der Waals surface area contributed by atoms with Crippen LogP contribution in [0.4, 0.5) is 0 Å². The summed E-state index contributed by atoms with van der Waals surface area (Å²) in [4.78, 5) is 0. The summed E-state index contributed by atoms with van der Waals surface area (Å²) in [5.41, 5.74) is 1.06. The highest BCUT2D eigenvalue weighted by atomic mass is 79.9. The van der Waals surface area contributed by atoms with E-state index in [0.717, 1.165) is 10.9 Å². The summed E-state index contributed by atoms with van der Waals surface area (Å²) in [6, 6.07) is 1.93. The van der Waals surface area contributed by atoms with Crippen molar-refractivity contribution in [1.29, 1.82) is 5.26 Å². The number of alkyl halides is 1. The van der Waals surface area contributed by atoms with Gasteiger partial charge in [0, 0.05) is 11.4 Å². The van der Waals surface area contributed by atoms with Crippen LogP contribution in [0.15, 0.2) is 11.6 Å². The van der Waals surface area contributed by atoms with Crippen molar-refractivity contribution in [2.75, 3.05) is 5.33 Å². The van der Waals surface area contributed by atoms with Crippen LogP contribution in [0.1, 0.15) is 6.92 Å². The van der Waals surface area contributed by atoms with E-state index in [9.17, 15) is 0 Å². The van der Waals surface area contributed by atoms with Gasteiger partial charge < -0.3 is 0 Å². The van der Waals surface area contributed by atoms with Crippen molar-refractivity contribution < 1.29 is 0 Å². The smallest absolute Gasteiger partial charge is 0.0911 e. The molecular weight excluding hydrogens is 154 g/mol. The van der Waals surface area contributed by atoms with E-state index in [-0.39, 0.29) is 0 Å². The highest BCUT2D eigenvalue weighted by Gasteiger charge is 1.78. The van der Waals surface area contributed by atoms with Gasteiger partial charge in [-0.3, -0.25) is 0 Å². The molecule has 0 aromatic rings. The molecule has 0 saturated heterocycles. The maximum atomic E-state index is 8.02. The van der Waals surface area contributed by atoms with Gasteiger partial charge in [0.25, 0.3) is 0 Å². The largest absolute Gasteiger partial charge is 0.193 e. The molecular formula is C5H6BrN. The molecule has 0 bridgehead atoms.